The van der Waals surface area contributed by atoms with Gasteiger partial charge in [0.1, 0.15) is 10.6 Å². The molecular formula is C17H22N2O3S. The van der Waals surface area contributed by atoms with Crippen molar-refractivity contribution in [2.24, 2.45) is 7.05 Å². The highest BCUT2D eigenvalue weighted by Gasteiger charge is 2.39. The molecule has 2 aromatic rings. The van der Waals surface area contributed by atoms with E-state index in [1.165, 1.54) is 0 Å². The van der Waals surface area contributed by atoms with Crippen LogP contribution in [0.1, 0.15) is 25.5 Å². The van der Waals surface area contributed by atoms with Crippen LogP contribution in [-0.2, 0) is 23.6 Å². The molecule has 0 amide bonds. The Balaban J connectivity index is 1.97. The van der Waals surface area contributed by atoms with Gasteiger partial charge in [0.25, 0.3) is 0 Å². The molecular weight excluding hydrogens is 312 g/mol. The molecule has 0 unspecified atom stereocenters. The molecule has 3 rings (SSSR count). The van der Waals surface area contributed by atoms with E-state index in [9.17, 15) is 8.42 Å². The largest absolute Gasteiger partial charge is 0.492 e. The summed E-state index contributed by atoms with van der Waals surface area (Å²) in [7, 11) is -1.66. The fraction of sp³-hybridized carbons (Fsp3) is 0.412. The SMILES string of the molecule is CCOc1ccccc1S(=O)(=O)N(Cc1cccn1C)C1CC1. The van der Waals surface area contributed by atoms with Crippen LogP contribution < -0.4 is 4.74 Å². The Hall–Kier alpha value is -1.79. The summed E-state index contributed by atoms with van der Waals surface area (Å²) in [6.45, 7) is 2.68. The average Bonchev–Trinajstić information content (AvgIpc) is 3.28. The Kier molecular flexibility index (Phi) is 4.46. The predicted molar refractivity (Wildman–Crippen MR) is 88.8 cm³/mol. The molecule has 6 heteroatoms. The van der Waals surface area contributed by atoms with Gasteiger partial charge in [0.05, 0.1) is 13.2 Å². The van der Waals surface area contributed by atoms with Crippen molar-refractivity contribution in [3.63, 3.8) is 0 Å². The van der Waals surface area contributed by atoms with Gasteiger partial charge in [-0.2, -0.15) is 4.31 Å². The zero-order valence-electron chi connectivity index (χ0n) is 13.5. The molecule has 0 radical (unpaired) electrons. The number of sulfonamides is 1. The molecule has 0 spiro atoms. The second kappa shape index (κ2) is 6.37. The lowest BCUT2D eigenvalue weighted by Crippen LogP contribution is -2.33. The molecule has 0 aliphatic heterocycles. The van der Waals surface area contributed by atoms with Gasteiger partial charge < -0.3 is 9.30 Å². The summed E-state index contributed by atoms with van der Waals surface area (Å²) in [5, 5.41) is 0. The van der Waals surface area contributed by atoms with E-state index in [2.05, 4.69) is 0 Å². The maximum atomic E-state index is 13.2. The number of nitrogens with zero attached hydrogens (tertiary/aromatic N) is 2. The maximum absolute atomic E-state index is 13.2. The highest BCUT2D eigenvalue weighted by Crippen LogP contribution is 2.36. The predicted octanol–water partition coefficient (Wildman–Crippen LogP) is 2.78. The molecule has 5 nitrogen and oxygen atoms in total. The first-order valence-electron chi connectivity index (χ1n) is 7.88. The lowest BCUT2D eigenvalue weighted by Gasteiger charge is -2.23. The number of benzene rings is 1. The topological polar surface area (TPSA) is 51.5 Å². The van der Waals surface area contributed by atoms with Crippen molar-refractivity contribution in [1.82, 2.24) is 8.87 Å². The third-order valence-electron chi connectivity index (χ3n) is 4.06. The summed E-state index contributed by atoms with van der Waals surface area (Å²) in [5.74, 6) is 0.424. The average molecular weight is 334 g/mol. The van der Waals surface area contributed by atoms with E-state index in [4.69, 9.17) is 4.74 Å². The summed E-state index contributed by atoms with van der Waals surface area (Å²) in [6, 6.07) is 10.8. The maximum Gasteiger partial charge on any atom is 0.247 e. The van der Waals surface area contributed by atoms with Gasteiger partial charge in [0.2, 0.25) is 10.0 Å². The van der Waals surface area contributed by atoms with E-state index in [0.717, 1.165) is 18.5 Å². The van der Waals surface area contributed by atoms with Crippen molar-refractivity contribution in [3.8, 4) is 5.75 Å². The van der Waals surface area contributed by atoms with Gasteiger partial charge in [0, 0.05) is 25.0 Å². The van der Waals surface area contributed by atoms with E-state index in [1.807, 2.05) is 36.9 Å². The van der Waals surface area contributed by atoms with Gasteiger partial charge in [-0.05, 0) is 44.0 Å². The van der Waals surface area contributed by atoms with Crippen LogP contribution in [0.15, 0.2) is 47.5 Å². The highest BCUT2D eigenvalue weighted by molar-refractivity contribution is 7.89. The van der Waals surface area contributed by atoms with Gasteiger partial charge >= 0.3 is 0 Å². The monoisotopic (exact) mass is 334 g/mol. The van der Waals surface area contributed by atoms with Gasteiger partial charge in [-0.3, -0.25) is 0 Å². The quantitative estimate of drug-likeness (QED) is 0.782. The zero-order chi connectivity index (χ0) is 16.4. The Morgan fingerprint density at radius 3 is 2.57 bits per heavy atom. The first kappa shape index (κ1) is 16.1. The van der Waals surface area contributed by atoms with Crippen molar-refractivity contribution >= 4 is 10.0 Å². The van der Waals surface area contributed by atoms with E-state index in [0.29, 0.717) is 18.9 Å². The second-order valence-corrected chi connectivity index (χ2v) is 7.63. The smallest absolute Gasteiger partial charge is 0.247 e. The summed E-state index contributed by atoms with van der Waals surface area (Å²) >= 11 is 0. The minimum atomic E-state index is -3.59. The van der Waals surface area contributed by atoms with Gasteiger partial charge in [-0.1, -0.05) is 12.1 Å². The van der Waals surface area contributed by atoms with Crippen LogP contribution in [0, 0.1) is 0 Å². The third-order valence-corrected chi connectivity index (χ3v) is 6.00. The molecule has 0 N–H and O–H groups in total. The number of hydrogen-bond acceptors (Lipinski definition) is 3. The minimum absolute atomic E-state index is 0.0876. The summed E-state index contributed by atoms with van der Waals surface area (Å²) in [6.07, 6.45) is 3.77. The number of ether oxygens (including phenoxy) is 1. The number of aromatic nitrogens is 1. The number of aryl methyl sites for hydroxylation is 1. The molecule has 1 aliphatic carbocycles. The molecule has 1 fully saturated rings. The van der Waals surface area contributed by atoms with E-state index >= 15 is 0 Å². The highest BCUT2D eigenvalue weighted by atomic mass is 32.2. The Bertz CT molecular complexity index is 779. The van der Waals surface area contributed by atoms with Crippen molar-refractivity contribution in [1.29, 1.82) is 0 Å². The van der Waals surface area contributed by atoms with Crippen LogP contribution in [0.2, 0.25) is 0 Å². The van der Waals surface area contributed by atoms with Crippen LogP contribution in [0.25, 0.3) is 0 Å². The van der Waals surface area contributed by atoms with Crippen LogP contribution in [-0.4, -0.2) is 29.9 Å². The summed E-state index contributed by atoms with van der Waals surface area (Å²) < 4.78 is 35.5. The molecule has 1 heterocycles. The zero-order valence-corrected chi connectivity index (χ0v) is 14.3. The molecule has 1 aromatic heterocycles. The van der Waals surface area contributed by atoms with Crippen LogP contribution in [0.3, 0.4) is 0 Å². The second-order valence-electron chi connectivity index (χ2n) is 5.77. The lowest BCUT2D eigenvalue weighted by atomic mass is 10.3. The molecule has 1 aromatic carbocycles. The molecule has 0 atom stereocenters. The van der Waals surface area contributed by atoms with Gasteiger partial charge in [0.15, 0.2) is 0 Å². The Morgan fingerprint density at radius 2 is 1.96 bits per heavy atom. The van der Waals surface area contributed by atoms with E-state index < -0.39 is 10.0 Å². The van der Waals surface area contributed by atoms with Crippen LogP contribution in [0.5, 0.6) is 5.75 Å². The number of rotatable bonds is 7. The van der Waals surface area contributed by atoms with E-state index in [1.54, 1.807) is 28.6 Å². The van der Waals surface area contributed by atoms with Crippen molar-refractivity contribution < 1.29 is 13.2 Å². The summed E-state index contributed by atoms with van der Waals surface area (Å²) in [5.41, 5.74) is 0.981. The number of hydrogen-bond donors (Lipinski definition) is 0. The van der Waals surface area contributed by atoms with Gasteiger partial charge in [-0.25, -0.2) is 8.42 Å². The Morgan fingerprint density at radius 1 is 1.22 bits per heavy atom. The molecule has 0 bridgehead atoms. The number of para-hydroxylation sites is 1. The molecule has 1 aliphatic rings. The van der Waals surface area contributed by atoms with Gasteiger partial charge in [-0.15, -0.1) is 0 Å². The fourth-order valence-electron chi connectivity index (χ4n) is 2.66. The minimum Gasteiger partial charge on any atom is -0.492 e. The first-order valence-corrected chi connectivity index (χ1v) is 9.32. The fourth-order valence-corrected chi connectivity index (χ4v) is 4.45. The van der Waals surface area contributed by atoms with Crippen LogP contribution in [0.4, 0.5) is 0 Å². The normalized spacial score (nSPS) is 15.1. The Labute approximate surface area is 137 Å². The van der Waals surface area contributed by atoms with Crippen molar-refractivity contribution in [2.75, 3.05) is 6.61 Å². The summed E-state index contributed by atoms with van der Waals surface area (Å²) in [4.78, 5) is 0.253. The first-order chi connectivity index (χ1) is 11.0. The van der Waals surface area contributed by atoms with E-state index in [-0.39, 0.29) is 10.9 Å². The van der Waals surface area contributed by atoms with Crippen molar-refractivity contribution in [3.05, 3.63) is 48.3 Å². The molecule has 1 saturated carbocycles. The third kappa shape index (κ3) is 3.28. The van der Waals surface area contributed by atoms with Crippen LogP contribution >= 0.6 is 0 Å². The lowest BCUT2D eigenvalue weighted by molar-refractivity contribution is 0.327. The standard InChI is InChI=1S/C17H22N2O3S/c1-3-22-16-8-4-5-9-17(16)23(20,21)19(14-10-11-14)13-15-7-6-12-18(15)2/h4-9,12,14H,3,10-11,13H2,1-2H3. The molecule has 23 heavy (non-hydrogen) atoms. The molecule has 124 valence electrons. The van der Waals surface area contributed by atoms with Crippen molar-refractivity contribution in [2.45, 2.75) is 37.2 Å². The molecule has 0 saturated heterocycles.